The molecular weight excluding hydrogens is 260 g/mol. The molecule has 0 bridgehead atoms. The van der Waals surface area contributed by atoms with Gasteiger partial charge in [-0.3, -0.25) is 19.8 Å². The lowest BCUT2D eigenvalue weighted by atomic mass is 10.2. The molecule has 1 aliphatic heterocycles. The van der Waals surface area contributed by atoms with Gasteiger partial charge in [0, 0.05) is 19.2 Å². The average Bonchev–Trinajstić information content (AvgIpc) is 2.67. The third-order valence-corrected chi connectivity index (χ3v) is 3.17. The zero-order valence-electron chi connectivity index (χ0n) is 11.2. The van der Waals surface area contributed by atoms with E-state index >= 15 is 0 Å². The second-order valence-corrected chi connectivity index (χ2v) is 4.70. The molecule has 1 aliphatic rings. The fraction of sp³-hybridized carbons (Fsp3) is 0.462. The summed E-state index contributed by atoms with van der Waals surface area (Å²) < 4.78 is 0. The van der Waals surface area contributed by atoms with Gasteiger partial charge in [-0.25, -0.2) is 0 Å². The van der Waals surface area contributed by atoms with Crippen LogP contribution in [0.4, 0.5) is 11.4 Å². The van der Waals surface area contributed by atoms with E-state index in [-0.39, 0.29) is 23.8 Å². The number of nitro benzene ring substituents is 1. The molecule has 20 heavy (non-hydrogen) atoms. The van der Waals surface area contributed by atoms with Gasteiger partial charge in [0.1, 0.15) is 5.69 Å². The summed E-state index contributed by atoms with van der Waals surface area (Å²) in [4.78, 5) is 24.4. The lowest BCUT2D eigenvalue weighted by Crippen LogP contribution is -2.35. The number of nitro groups is 1. The highest BCUT2D eigenvalue weighted by Crippen LogP contribution is 2.22. The zero-order chi connectivity index (χ0) is 14.4. The Kier molecular flexibility index (Phi) is 5.03. The minimum absolute atomic E-state index is 0.0848. The van der Waals surface area contributed by atoms with Crippen LogP contribution in [0.3, 0.4) is 0 Å². The van der Waals surface area contributed by atoms with E-state index in [1.54, 1.807) is 18.2 Å². The average molecular weight is 278 g/mol. The van der Waals surface area contributed by atoms with Crippen LogP contribution in [0.5, 0.6) is 0 Å². The molecule has 0 aliphatic carbocycles. The van der Waals surface area contributed by atoms with E-state index in [0.29, 0.717) is 0 Å². The highest BCUT2D eigenvalue weighted by Gasteiger charge is 2.17. The number of rotatable bonds is 4. The Morgan fingerprint density at radius 3 is 2.95 bits per heavy atom. The molecule has 0 saturated carbocycles. The fourth-order valence-corrected chi connectivity index (χ4v) is 2.19. The number of hydrogen-bond acceptors (Lipinski definition) is 5. The van der Waals surface area contributed by atoms with Gasteiger partial charge in [-0.05, 0) is 25.6 Å². The van der Waals surface area contributed by atoms with Crippen molar-refractivity contribution in [3.05, 3.63) is 34.4 Å². The molecule has 7 nitrogen and oxygen atoms in total. The van der Waals surface area contributed by atoms with Crippen LogP contribution < -0.4 is 10.6 Å². The molecule has 2 rings (SSSR count). The van der Waals surface area contributed by atoms with Crippen molar-refractivity contribution in [1.29, 1.82) is 0 Å². The largest absolute Gasteiger partial charge is 0.319 e. The predicted molar refractivity (Wildman–Crippen MR) is 75.7 cm³/mol. The number of nitrogens with one attached hydrogen (secondary N) is 2. The third kappa shape index (κ3) is 4.01. The number of carbonyl (C=O) groups excluding carboxylic acids is 1. The van der Waals surface area contributed by atoms with Crippen molar-refractivity contribution in [3.8, 4) is 0 Å². The van der Waals surface area contributed by atoms with Crippen molar-refractivity contribution >= 4 is 17.3 Å². The molecule has 2 N–H and O–H groups in total. The van der Waals surface area contributed by atoms with Gasteiger partial charge in [0.15, 0.2) is 0 Å². The monoisotopic (exact) mass is 278 g/mol. The molecule has 1 saturated heterocycles. The molecule has 0 radical (unpaired) electrons. The van der Waals surface area contributed by atoms with E-state index in [0.717, 1.165) is 32.6 Å². The molecule has 0 spiro atoms. The van der Waals surface area contributed by atoms with E-state index in [1.807, 2.05) is 4.90 Å². The van der Waals surface area contributed by atoms with Gasteiger partial charge in [-0.15, -0.1) is 0 Å². The number of hydrogen-bond donors (Lipinski definition) is 2. The molecule has 0 aromatic heterocycles. The number of benzene rings is 1. The first kappa shape index (κ1) is 14.4. The molecule has 7 heteroatoms. The first-order chi connectivity index (χ1) is 9.66. The Morgan fingerprint density at radius 2 is 2.15 bits per heavy atom. The maximum Gasteiger partial charge on any atom is 0.292 e. The number of para-hydroxylation sites is 2. The summed E-state index contributed by atoms with van der Waals surface area (Å²) in [5, 5.41) is 16.8. The van der Waals surface area contributed by atoms with Crippen molar-refractivity contribution in [3.63, 3.8) is 0 Å². The number of nitrogens with zero attached hydrogens (tertiary/aromatic N) is 2. The van der Waals surface area contributed by atoms with Crippen molar-refractivity contribution in [2.24, 2.45) is 0 Å². The highest BCUT2D eigenvalue weighted by molar-refractivity contribution is 5.94. The number of anilines is 1. The van der Waals surface area contributed by atoms with E-state index < -0.39 is 4.92 Å². The van der Waals surface area contributed by atoms with Crippen molar-refractivity contribution < 1.29 is 9.72 Å². The van der Waals surface area contributed by atoms with Gasteiger partial charge in [0.05, 0.1) is 11.5 Å². The van der Waals surface area contributed by atoms with Gasteiger partial charge >= 0.3 is 0 Å². The maximum absolute atomic E-state index is 12.0. The number of amides is 1. The summed E-state index contributed by atoms with van der Waals surface area (Å²) in [5.74, 6) is -0.221. The zero-order valence-corrected chi connectivity index (χ0v) is 11.2. The topological polar surface area (TPSA) is 87.5 Å². The predicted octanol–water partition coefficient (Wildman–Crippen LogP) is 0.829. The lowest BCUT2D eigenvalue weighted by Gasteiger charge is -2.18. The van der Waals surface area contributed by atoms with Gasteiger partial charge < -0.3 is 10.6 Å². The van der Waals surface area contributed by atoms with Crippen LogP contribution in [0.25, 0.3) is 0 Å². The third-order valence-electron chi connectivity index (χ3n) is 3.17. The standard InChI is InChI=1S/C13H18N4O3/c18-13(10-16-8-3-6-14-7-9-16)15-11-4-1-2-5-12(11)17(19)20/h1-2,4-5,14H,3,6-10H2,(H,15,18). The molecule has 1 aromatic rings. The molecule has 0 atom stereocenters. The van der Waals surface area contributed by atoms with Crippen molar-refractivity contribution in [2.75, 3.05) is 38.0 Å². The van der Waals surface area contributed by atoms with Crippen LogP contribution in [0.15, 0.2) is 24.3 Å². The molecule has 1 fully saturated rings. The van der Waals surface area contributed by atoms with Crippen LogP contribution in [0.2, 0.25) is 0 Å². The summed E-state index contributed by atoms with van der Waals surface area (Å²) in [7, 11) is 0. The summed E-state index contributed by atoms with van der Waals surface area (Å²) >= 11 is 0. The Hall–Kier alpha value is -1.99. The van der Waals surface area contributed by atoms with E-state index in [2.05, 4.69) is 10.6 Å². The summed E-state index contributed by atoms with van der Waals surface area (Å²) in [6, 6.07) is 6.16. The summed E-state index contributed by atoms with van der Waals surface area (Å²) in [6.07, 6.45) is 0.999. The molecule has 1 aromatic carbocycles. The van der Waals surface area contributed by atoms with E-state index in [4.69, 9.17) is 0 Å². The smallest absolute Gasteiger partial charge is 0.292 e. The Balaban J connectivity index is 1.95. The Morgan fingerprint density at radius 1 is 1.35 bits per heavy atom. The first-order valence-corrected chi connectivity index (χ1v) is 6.63. The molecule has 1 amide bonds. The maximum atomic E-state index is 12.0. The molecule has 108 valence electrons. The van der Waals surface area contributed by atoms with Gasteiger partial charge in [0.2, 0.25) is 5.91 Å². The van der Waals surface area contributed by atoms with Crippen LogP contribution in [-0.4, -0.2) is 48.5 Å². The van der Waals surface area contributed by atoms with Crippen molar-refractivity contribution in [1.82, 2.24) is 10.2 Å². The normalized spacial score (nSPS) is 16.4. The number of carbonyl (C=O) groups is 1. The van der Waals surface area contributed by atoms with Crippen molar-refractivity contribution in [2.45, 2.75) is 6.42 Å². The van der Waals surface area contributed by atoms with Crippen LogP contribution in [0, 0.1) is 10.1 Å². The lowest BCUT2D eigenvalue weighted by molar-refractivity contribution is -0.383. The minimum Gasteiger partial charge on any atom is -0.319 e. The molecule has 1 heterocycles. The molecule has 0 unspecified atom stereocenters. The Labute approximate surface area is 117 Å². The Bertz CT molecular complexity index is 484. The van der Waals surface area contributed by atoms with Crippen LogP contribution in [-0.2, 0) is 4.79 Å². The van der Waals surface area contributed by atoms with Crippen LogP contribution in [0.1, 0.15) is 6.42 Å². The van der Waals surface area contributed by atoms with E-state index in [9.17, 15) is 14.9 Å². The quantitative estimate of drug-likeness (QED) is 0.629. The first-order valence-electron chi connectivity index (χ1n) is 6.63. The SMILES string of the molecule is O=C(CN1CCCNCC1)Nc1ccccc1[N+](=O)[O-]. The molecular formula is C13H18N4O3. The van der Waals surface area contributed by atoms with Gasteiger partial charge in [-0.2, -0.15) is 0 Å². The summed E-state index contributed by atoms with van der Waals surface area (Å²) in [6.45, 7) is 3.75. The minimum atomic E-state index is -0.495. The fourth-order valence-electron chi connectivity index (χ4n) is 2.19. The highest BCUT2D eigenvalue weighted by atomic mass is 16.6. The van der Waals surface area contributed by atoms with Gasteiger partial charge in [0.25, 0.3) is 5.69 Å². The van der Waals surface area contributed by atoms with Crippen LogP contribution >= 0.6 is 0 Å². The summed E-state index contributed by atoms with van der Waals surface area (Å²) in [5.41, 5.74) is 0.161. The second-order valence-electron chi connectivity index (χ2n) is 4.70. The van der Waals surface area contributed by atoms with E-state index in [1.165, 1.54) is 6.07 Å². The second kappa shape index (κ2) is 6.97. The van der Waals surface area contributed by atoms with Gasteiger partial charge in [-0.1, -0.05) is 12.1 Å².